The molecule has 612 valence electrons. The lowest BCUT2D eigenvalue weighted by Crippen LogP contribution is -2.30. The van der Waals surface area contributed by atoms with Crippen LogP contribution in [0.5, 0.6) is 0 Å². The van der Waals surface area contributed by atoms with Crippen molar-refractivity contribution in [3.05, 3.63) is 0 Å². The molecule has 0 aromatic heterocycles. The molecule has 0 radical (unpaired) electrons. The number of esters is 4. The van der Waals surface area contributed by atoms with E-state index in [0.29, 0.717) is 25.7 Å². The maximum atomic E-state index is 13.1. The first-order valence-corrected chi connectivity index (χ1v) is 46.2. The van der Waals surface area contributed by atoms with Gasteiger partial charge in [0.1, 0.15) is 19.3 Å². The zero-order valence-corrected chi connectivity index (χ0v) is 69.7. The number of carbonyl (C=O) groups excluding carboxylic acids is 4. The lowest BCUT2D eigenvalue weighted by atomic mass is 9.99. The Balaban J connectivity index is 5.25. The maximum absolute atomic E-state index is 13.1. The van der Waals surface area contributed by atoms with Crippen molar-refractivity contribution < 1.29 is 80.2 Å². The van der Waals surface area contributed by atoms with Gasteiger partial charge in [0, 0.05) is 25.7 Å². The number of phosphoric acid groups is 2. The van der Waals surface area contributed by atoms with Crippen molar-refractivity contribution in [2.75, 3.05) is 39.6 Å². The summed E-state index contributed by atoms with van der Waals surface area (Å²) < 4.78 is 68.8. The van der Waals surface area contributed by atoms with Crippen LogP contribution in [-0.4, -0.2) is 96.7 Å². The molecule has 0 saturated heterocycles. The molecular formula is C84H164O17P2. The van der Waals surface area contributed by atoms with Gasteiger partial charge in [0.15, 0.2) is 12.2 Å². The van der Waals surface area contributed by atoms with Crippen LogP contribution in [0.4, 0.5) is 0 Å². The highest BCUT2D eigenvalue weighted by Gasteiger charge is 2.30. The number of phosphoric ester groups is 2. The first kappa shape index (κ1) is 101. The van der Waals surface area contributed by atoms with Gasteiger partial charge in [-0.05, 0) is 49.4 Å². The van der Waals surface area contributed by atoms with Crippen LogP contribution in [0.15, 0.2) is 0 Å². The smallest absolute Gasteiger partial charge is 0.462 e. The van der Waals surface area contributed by atoms with Gasteiger partial charge in [0.05, 0.1) is 26.4 Å². The van der Waals surface area contributed by atoms with Gasteiger partial charge in [-0.3, -0.25) is 37.3 Å². The van der Waals surface area contributed by atoms with Gasteiger partial charge in [-0.25, -0.2) is 9.13 Å². The van der Waals surface area contributed by atoms with Crippen molar-refractivity contribution in [3.63, 3.8) is 0 Å². The predicted molar refractivity (Wildman–Crippen MR) is 423 cm³/mol. The summed E-state index contributed by atoms with van der Waals surface area (Å²) in [5.74, 6) is 1.04. The highest BCUT2D eigenvalue weighted by atomic mass is 31.2. The van der Waals surface area contributed by atoms with Crippen LogP contribution >= 0.6 is 15.6 Å². The van der Waals surface area contributed by atoms with Gasteiger partial charge in [-0.2, -0.15) is 0 Å². The molecule has 3 unspecified atom stereocenters. The van der Waals surface area contributed by atoms with Crippen molar-refractivity contribution in [1.29, 1.82) is 0 Å². The van der Waals surface area contributed by atoms with Gasteiger partial charge in [0.25, 0.3) is 0 Å². The van der Waals surface area contributed by atoms with Gasteiger partial charge in [-0.15, -0.1) is 0 Å². The molecule has 0 heterocycles. The summed E-state index contributed by atoms with van der Waals surface area (Å²) in [6.45, 7) is 14.3. The molecule has 17 nitrogen and oxygen atoms in total. The lowest BCUT2D eigenvalue weighted by Gasteiger charge is -2.21. The second-order valence-electron chi connectivity index (χ2n) is 31.9. The van der Waals surface area contributed by atoms with Gasteiger partial charge in [0.2, 0.25) is 0 Å². The minimum Gasteiger partial charge on any atom is -0.462 e. The Hall–Kier alpha value is -1.94. The fourth-order valence-corrected chi connectivity index (χ4v) is 14.5. The van der Waals surface area contributed by atoms with Crippen molar-refractivity contribution in [3.8, 4) is 0 Å². The summed E-state index contributed by atoms with van der Waals surface area (Å²) in [4.78, 5) is 73.1. The van der Waals surface area contributed by atoms with E-state index in [9.17, 15) is 43.2 Å². The fourth-order valence-electron chi connectivity index (χ4n) is 12.9. The molecule has 3 N–H and O–H groups in total. The van der Waals surface area contributed by atoms with E-state index in [1.54, 1.807) is 0 Å². The molecule has 0 amide bonds. The van der Waals surface area contributed by atoms with E-state index in [1.165, 1.54) is 238 Å². The molecule has 0 aromatic carbocycles. The summed E-state index contributed by atoms with van der Waals surface area (Å²) in [7, 11) is -9.93. The molecule has 0 aromatic rings. The summed E-state index contributed by atoms with van der Waals surface area (Å²) in [6.07, 6.45) is 61.1. The Bertz CT molecular complexity index is 2010. The molecule has 0 aliphatic heterocycles. The van der Waals surface area contributed by atoms with E-state index in [-0.39, 0.29) is 25.7 Å². The molecule has 0 fully saturated rings. The SMILES string of the molecule is CCC(C)CCCCCCCCCCCCC(=O)O[C@H](COC(=O)CCCCCCCCCCC(C)C)COP(=O)(O)OC[C@H](O)COP(=O)(O)OC[C@@H](COC(=O)CCCCCCCCCCCCCCCCC(C)C)OC(=O)CCCCCCCCCCCCCCCCCCCCC(C)C. The molecule has 103 heavy (non-hydrogen) atoms. The van der Waals surface area contributed by atoms with E-state index in [0.717, 1.165) is 114 Å². The third-order valence-electron chi connectivity index (χ3n) is 19.9. The molecule has 0 spiro atoms. The zero-order valence-electron chi connectivity index (χ0n) is 68.0. The van der Waals surface area contributed by atoms with Crippen LogP contribution in [0.2, 0.25) is 0 Å². The average molecular weight is 1510 g/mol. The number of hydrogen-bond acceptors (Lipinski definition) is 15. The highest BCUT2D eigenvalue weighted by Crippen LogP contribution is 2.45. The molecule has 0 aliphatic rings. The van der Waals surface area contributed by atoms with Crippen molar-refractivity contribution in [2.24, 2.45) is 23.7 Å². The number of aliphatic hydroxyl groups is 1. The number of carbonyl (C=O) groups is 4. The van der Waals surface area contributed by atoms with Gasteiger partial charge < -0.3 is 33.8 Å². The number of hydrogen-bond donors (Lipinski definition) is 3. The molecule has 0 rings (SSSR count). The number of unbranched alkanes of at least 4 members (excludes halogenated alkanes) is 46. The van der Waals surface area contributed by atoms with Crippen LogP contribution < -0.4 is 0 Å². The van der Waals surface area contributed by atoms with E-state index in [4.69, 9.17) is 37.0 Å². The first-order chi connectivity index (χ1) is 49.6. The summed E-state index contributed by atoms with van der Waals surface area (Å²) in [6, 6.07) is 0. The van der Waals surface area contributed by atoms with Crippen molar-refractivity contribution >= 4 is 39.5 Å². The number of rotatable bonds is 81. The topological polar surface area (TPSA) is 237 Å². The number of ether oxygens (including phenoxy) is 4. The normalized spacial score (nSPS) is 14.2. The maximum Gasteiger partial charge on any atom is 0.472 e. The molecule has 19 heteroatoms. The third-order valence-corrected chi connectivity index (χ3v) is 21.8. The first-order valence-electron chi connectivity index (χ1n) is 43.2. The van der Waals surface area contributed by atoms with Crippen LogP contribution in [0.1, 0.15) is 434 Å². The quantitative estimate of drug-likeness (QED) is 0.0222. The second kappa shape index (κ2) is 72.9. The average Bonchev–Trinajstić information content (AvgIpc) is 0.916. The fraction of sp³-hybridized carbons (Fsp3) is 0.952. The van der Waals surface area contributed by atoms with E-state index in [1.807, 2.05) is 0 Å². The van der Waals surface area contributed by atoms with Crippen LogP contribution in [0.25, 0.3) is 0 Å². The Morgan fingerprint density at radius 3 is 0.689 bits per heavy atom. The van der Waals surface area contributed by atoms with Crippen molar-refractivity contribution in [2.45, 2.75) is 453 Å². The van der Waals surface area contributed by atoms with E-state index < -0.39 is 97.5 Å². The lowest BCUT2D eigenvalue weighted by molar-refractivity contribution is -0.161. The summed E-state index contributed by atoms with van der Waals surface area (Å²) in [5, 5.41) is 10.7. The van der Waals surface area contributed by atoms with Crippen LogP contribution in [0.3, 0.4) is 0 Å². The Morgan fingerprint density at radius 2 is 0.466 bits per heavy atom. The second-order valence-corrected chi connectivity index (χ2v) is 34.8. The largest absolute Gasteiger partial charge is 0.472 e. The van der Waals surface area contributed by atoms with Gasteiger partial charge >= 0.3 is 39.5 Å². The summed E-state index contributed by atoms with van der Waals surface area (Å²) >= 11 is 0. The number of aliphatic hydroxyl groups excluding tert-OH is 1. The van der Waals surface area contributed by atoms with Crippen molar-refractivity contribution in [1.82, 2.24) is 0 Å². The molecule has 6 atom stereocenters. The Morgan fingerprint density at radius 1 is 0.272 bits per heavy atom. The van der Waals surface area contributed by atoms with Crippen LogP contribution in [0, 0.1) is 23.7 Å². The summed E-state index contributed by atoms with van der Waals surface area (Å²) in [5.41, 5.74) is 0. The van der Waals surface area contributed by atoms with Crippen LogP contribution in [-0.2, 0) is 65.4 Å². The highest BCUT2D eigenvalue weighted by molar-refractivity contribution is 7.47. The standard InChI is InChI=1S/C84H164O17P2/c1-9-77(8)63-55-47-39-30-26-27-33-43-51-59-67-84(89)101-80(71-95-82(87)65-57-49-41-35-34-38-46-54-62-76(6)7)73-99-103(92,93)97-69-78(85)68-96-102(90,91)98-72-79(70-94-81(86)64-56-48-40-31-24-20-17-16-19-23-29-37-45-53-61-75(4)5)100-83(88)66-58-50-42-32-25-21-15-13-11-10-12-14-18-22-28-36-44-52-60-74(2)3/h74-80,85H,9-73H2,1-8H3,(H,90,91)(H,92,93)/t77?,78-,79-,80-/m1/s1. The minimum absolute atomic E-state index is 0.106. The minimum atomic E-state index is -4.97. The molecular weight excluding hydrogens is 1340 g/mol. The van der Waals surface area contributed by atoms with E-state index in [2.05, 4.69) is 55.4 Å². The molecule has 0 bridgehead atoms. The Labute approximate surface area is 632 Å². The van der Waals surface area contributed by atoms with E-state index >= 15 is 0 Å². The molecule has 0 saturated carbocycles. The monoisotopic (exact) mass is 1510 g/mol. The van der Waals surface area contributed by atoms with Gasteiger partial charge in [-0.1, -0.05) is 383 Å². The zero-order chi connectivity index (χ0) is 76.0. The Kier molecular flexibility index (Phi) is 71.5. The third kappa shape index (κ3) is 76.6. The molecule has 0 aliphatic carbocycles. The predicted octanol–water partition coefficient (Wildman–Crippen LogP) is 25.2.